The van der Waals surface area contributed by atoms with Crippen molar-refractivity contribution in [2.45, 2.75) is 4.90 Å². The molecular formula is C23H14ClN3O6S. The third kappa shape index (κ3) is 3.49. The number of rotatable bonds is 4. The molecule has 3 aromatic carbocycles. The molecule has 5 rings (SSSR count). The summed E-state index contributed by atoms with van der Waals surface area (Å²) in [6.07, 6.45) is 2.13. The van der Waals surface area contributed by atoms with Crippen LogP contribution < -0.4 is 5.43 Å². The van der Waals surface area contributed by atoms with Crippen molar-refractivity contribution in [1.29, 1.82) is 0 Å². The van der Waals surface area contributed by atoms with Crippen LogP contribution >= 0.6 is 11.6 Å². The Morgan fingerprint density at radius 1 is 0.971 bits per heavy atom. The van der Waals surface area contributed by atoms with Crippen molar-refractivity contribution in [2.75, 3.05) is 0 Å². The Morgan fingerprint density at radius 2 is 1.76 bits per heavy atom. The van der Waals surface area contributed by atoms with E-state index in [1.165, 1.54) is 30.3 Å². The second-order valence-corrected chi connectivity index (χ2v) is 9.45. The molecule has 11 heteroatoms. The Kier molecular flexibility index (Phi) is 5.11. The maximum Gasteiger partial charge on any atom is 0.284 e. The van der Waals surface area contributed by atoms with E-state index in [9.17, 15) is 23.4 Å². The fourth-order valence-electron chi connectivity index (χ4n) is 3.62. The monoisotopic (exact) mass is 495 g/mol. The van der Waals surface area contributed by atoms with Crippen LogP contribution in [0.4, 0.5) is 0 Å². The lowest BCUT2D eigenvalue weighted by molar-refractivity contribution is 0.453. The van der Waals surface area contributed by atoms with Gasteiger partial charge in [0.25, 0.3) is 10.0 Å². The molecule has 2 aromatic heterocycles. The standard InChI is InChI=1S/C23H14ClN3O6S/c24-16-7-2-1-6-15(16)20-10-19(30)22-18(29)9-17(28)21(23(22)33-20)13-4-3-5-14(8-13)34(31,32)27-12-25-11-26-27/h1-12,28-29H. The Morgan fingerprint density at radius 3 is 2.50 bits per heavy atom. The highest BCUT2D eigenvalue weighted by atomic mass is 35.5. The molecule has 2 N–H and O–H groups in total. The van der Waals surface area contributed by atoms with Crippen molar-refractivity contribution in [3.05, 3.63) is 88.6 Å². The smallest absolute Gasteiger partial charge is 0.284 e. The second-order valence-electron chi connectivity index (χ2n) is 7.25. The third-order valence-corrected chi connectivity index (χ3v) is 7.02. The summed E-state index contributed by atoms with van der Waals surface area (Å²) >= 11 is 6.26. The molecule has 0 unspecified atom stereocenters. The summed E-state index contributed by atoms with van der Waals surface area (Å²) in [5.74, 6) is -0.789. The average molecular weight is 496 g/mol. The predicted molar refractivity (Wildman–Crippen MR) is 124 cm³/mol. The highest BCUT2D eigenvalue weighted by molar-refractivity contribution is 7.89. The van der Waals surface area contributed by atoms with Crippen LogP contribution in [0.2, 0.25) is 5.02 Å². The van der Waals surface area contributed by atoms with Gasteiger partial charge in [0, 0.05) is 17.7 Å². The van der Waals surface area contributed by atoms with Crippen LogP contribution in [0.5, 0.6) is 11.5 Å². The summed E-state index contributed by atoms with van der Waals surface area (Å²) in [7, 11) is -4.06. The van der Waals surface area contributed by atoms with Gasteiger partial charge in [-0.25, -0.2) is 4.98 Å². The normalized spacial score (nSPS) is 11.7. The largest absolute Gasteiger partial charge is 0.507 e. The van der Waals surface area contributed by atoms with Gasteiger partial charge in [0.2, 0.25) is 0 Å². The van der Waals surface area contributed by atoms with Crippen LogP contribution in [0.3, 0.4) is 0 Å². The van der Waals surface area contributed by atoms with Crippen LogP contribution in [0, 0.1) is 0 Å². The topological polar surface area (TPSA) is 136 Å². The fraction of sp³-hybridized carbons (Fsp3) is 0. The van der Waals surface area contributed by atoms with E-state index in [0.717, 1.165) is 18.7 Å². The highest BCUT2D eigenvalue weighted by Crippen LogP contribution is 2.42. The van der Waals surface area contributed by atoms with E-state index < -0.39 is 27.0 Å². The number of fused-ring (bicyclic) bond motifs is 1. The van der Waals surface area contributed by atoms with Crippen molar-refractivity contribution >= 4 is 32.6 Å². The van der Waals surface area contributed by atoms with Crippen LogP contribution in [0.25, 0.3) is 33.4 Å². The first-order valence-corrected chi connectivity index (χ1v) is 11.6. The zero-order valence-electron chi connectivity index (χ0n) is 17.1. The minimum atomic E-state index is -4.06. The Bertz CT molecular complexity index is 1730. The first-order chi connectivity index (χ1) is 16.3. The van der Waals surface area contributed by atoms with Gasteiger partial charge in [-0.15, -0.1) is 9.19 Å². The molecule has 0 radical (unpaired) electrons. The summed E-state index contributed by atoms with van der Waals surface area (Å²) in [6, 6.07) is 14.6. The number of halogens is 1. The van der Waals surface area contributed by atoms with Gasteiger partial charge in [-0.3, -0.25) is 4.79 Å². The number of aromatic nitrogens is 3. The molecule has 170 valence electrons. The van der Waals surface area contributed by atoms with E-state index in [0.29, 0.717) is 14.7 Å². The van der Waals surface area contributed by atoms with Crippen molar-refractivity contribution in [3.8, 4) is 33.9 Å². The molecule has 0 amide bonds. The first-order valence-electron chi connectivity index (χ1n) is 9.75. The number of nitrogens with zero attached hydrogens (tertiary/aromatic N) is 3. The van der Waals surface area contributed by atoms with Crippen LogP contribution in [0.15, 0.2) is 87.4 Å². The van der Waals surface area contributed by atoms with Crippen molar-refractivity contribution in [1.82, 2.24) is 14.2 Å². The van der Waals surface area contributed by atoms with E-state index in [4.69, 9.17) is 16.0 Å². The maximum absolute atomic E-state index is 12.9. The number of benzene rings is 3. The van der Waals surface area contributed by atoms with Crippen LogP contribution in [-0.2, 0) is 10.0 Å². The lowest BCUT2D eigenvalue weighted by atomic mass is 10.00. The van der Waals surface area contributed by atoms with E-state index in [2.05, 4.69) is 10.1 Å². The molecule has 0 aliphatic carbocycles. The van der Waals surface area contributed by atoms with Crippen molar-refractivity contribution in [2.24, 2.45) is 0 Å². The van der Waals surface area contributed by atoms with Gasteiger partial charge in [-0.1, -0.05) is 35.9 Å². The molecule has 0 spiro atoms. The quantitative estimate of drug-likeness (QED) is 0.381. The van der Waals surface area contributed by atoms with E-state index >= 15 is 0 Å². The molecule has 0 aliphatic rings. The summed E-state index contributed by atoms with van der Waals surface area (Å²) < 4.78 is 32.4. The molecule has 0 fully saturated rings. The molecule has 5 aromatic rings. The van der Waals surface area contributed by atoms with Gasteiger partial charge < -0.3 is 14.6 Å². The fourth-order valence-corrected chi connectivity index (χ4v) is 4.93. The number of hydrogen-bond donors (Lipinski definition) is 2. The van der Waals surface area contributed by atoms with E-state index in [1.54, 1.807) is 24.3 Å². The Hall–Kier alpha value is -4.15. The Balaban J connectivity index is 1.80. The van der Waals surface area contributed by atoms with Gasteiger partial charge in [0.05, 0.1) is 15.5 Å². The van der Waals surface area contributed by atoms with Gasteiger partial charge in [-0.05, 0) is 29.8 Å². The van der Waals surface area contributed by atoms with Gasteiger partial charge in [0.15, 0.2) is 11.0 Å². The number of phenols is 2. The second kappa shape index (κ2) is 8.01. The molecule has 0 saturated heterocycles. The number of hydrogen-bond acceptors (Lipinski definition) is 8. The third-order valence-electron chi connectivity index (χ3n) is 5.16. The van der Waals surface area contributed by atoms with Crippen molar-refractivity contribution in [3.63, 3.8) is 0 Å². The minimum absolute atomic E-state index is 0.0226. The van der Waals surface area contributed by atoms with Gasteiger partial charge >= 0.3 is 0 Å². The molecule has 0 bridgehead atoms. The SMILES string of the molecule is O=c1cc(-c2ccccc2Cl)oc2c(-c3cccc(S(=O)(=O)n4cncn4)c3)c(O)cc(O)c12. The van der Waals surface area contributed by atoms with E-state index in [1.807, 2.05) is 0 Å². The maximum atomic E-state index is 12.9. The molecule has 34 heavy (non-hydrogen) atoms. The summed E-state index contributed by atoms with van der Waals surface area (Å²) in [4.78, 5) is 16.4. The Labute approximate surface area is 197 Å². The van der Waals surface area contributed by atoms with Crippen LogP contribution in [0.1, 0.15) is 0 Å². The number of phenolic OH excluding ortho intramolecular Hbond substituents is 2. The highest BCUT2D eigenvalue weighted by Gasteiger charge is 2.23. The van der Waals surface area contributed by atoms with Crippen LogP contribution in [-0.4, -0.2) is 32.8 Å². The summed E-state index contributed by atoms with van der Waals surface area (Å²) in [5.41, 5.74) is -0.0198. The zero-order chi connectivity index (χ0) is 24.0. The summed E-state index contributed by atoms with van der Waals surface area (Å²) in [6.45, 7) is 0. The number of aromatic hydroxyl groups is 2. The van der Waals surface area contributed by atoms with Gasteiger partial charge in [-0.2, -0.15) is 8.42 Å². The molecule has 2 heterocycles. The summed E-state index contributed by atoms with van der Waals surface area (Å²) in [5, 5.41) is 24.9. The lowest BCUT2D eigenvalue weighted by Crippen LogP contribution is -2.13. The molecule has 0 saturated carbocycles. The molecule has 0 aliphatic heterocycles. The predicted octanol–water partition coefficient (Wildman–Crippen LogP) is 4.02. The molecule has 0 atom stereocenters. The first kappa shape index (κ1) is 21.7. The average Bonchev–Trinajstić information content (AvgIpc) is 3.35. The molecule has 9 nitrogen and oxygen atoms in total. The van der Waals surface area contributed by atoms with Gasteiger partial charge in [0.1, 0.15) is 35.3 Å². The van der Waals surface area contributed by atoms with Crippen molar-refractivity contribution < 1.29 is 23.0 Å². The van der Waals surface area contributed by atoms with E-state index in [-0.39, 0.29) is 32.8 Å². The lowest BCUT2D eigenvalue weighted by Gasteiger charge is -2.13. The molecular weight excluding hydrogens is 482 g/mol. The zero-order valence-corrected chi connectivity index (χ0v) is 18.7. The minimum Gasteiger partial charge on any atom is -0.507 e.